The summed E-state index contributed by atoms with van der Waals surface area (Å²) in [5, 5.41) is 0. The van der Waals surface area contributed by atoms with Crippen molar-refractivity contribution in [2.24, 2.45) is 0 Å². The van der Waals surface area contributed by atoms with E-state index in [1.807, 2.05) is 12.1 Å². The Morgan fingerprint density at radius 1 is 0.351 bits per heavy atom. The molecular formula is C35H26N2. The molecule has 2 nitrogen and oxygen atoms in total. The second-order valence-electron chi connectivity index (χ2n) is 9.23. The third kappa shape index (κ3) is 4.96. The zero-order chi connectivity index (χ0) is 25.0. The minimum atomic E-state index is 0.728. The van der Waals surface area contributed by atoms with Crippen LogP contribution in [0.1, 0.15) is 5.56 Å². The van der Waals surface area contributed by atoms with Gasteiger partial charge in [-0.15, -0.1) is 0 Å². The van der Waals surface area contributed by atoms with Gasteiger partial charge >= 0.3 is 0 Å². The first-order valence-electron chi connectivity index (χ1n) is 12.5. The maximum atomic E-state index is 5.04. The maximum Gasteiger partial charge on any atom is 0.160 e. The van der Waals surface area contributed by atoms with Gasteiger partial charge in [-0.1, -0.05) is 121 Å². The van der Waals surface area contributed by atoms with Gasteiger partial charge in [0.1, 0.15) is 0 Å². The van der Waals surface area contributed by atoms with Gasteiger partial charge in [-0.25, -0.2) is 9.97 Å². The van der Waals surface area contributed by atoms with Crippen LogP contribution in [0, 0.1) is 6.92 Å². The number of aromatic nitrogens is 2. The SMILES string of the molecule is Cc1cccc(-c2nc(-c3cccc(-c4ccccc4)c3)cc(-c3cccc(-c4ccccc4)c3)n2)c1. The minimum absolute atomic E-state index is 0.728. The lowest BCUT2D eigenvalue weighted by atomic mass is 9.99. The van der Waals surface area contributed by atoms with Crippen molar-refractivity contribution in [1.82, 2.24) is 9.97 Å². The van der Waals surface area contributed by atoms with E-state index in [1.165, 1.54) is 27.8 Å². The summed E-state index contributed by atoms with van der Waals surface area (Å²) in [7, 11) is 0. The summed E-state index contributed by atoms with van der Waals surface area (Å²) in [6.07, 6.45) is 0. The topological polar surface area (TPSA) is 25.8 Å². The van der Waals surface area contributed by atoms with Crippen LogP contribution in [0.5, 0.6) is 0 Å². The van der Waals surface area contributed by atoms with Crippen molar-refractivity contribution in [3.8, 4) is 56.2 Å². The first kappa shape index (κ1) is 22.6. The van der Waals surface area contributed by atoms with Crippen LogP contribution < -0.4 is 0 Å². The Balaban J connectivity index is 1.51. The minimum Gasteiger partial charge on any atom is -0.228 e. The highest BCUT2D eigenvalue weighted by molar-refractivity contribution is 5.77. The maximum absolute atomic E-state index is 5.04. The molecule has 0 atom stereocenters. The average Bonchev–Trinajstić information content (AvgIpc) is 2.98. The van der Waals surface area contributed by atoms with E-state index < -0.39 is 0 Å². The Labute approximate surface area is 218 Å². The van der Waals surface area contributed by atoms with Crippen LogP contribution in [0.25, 0.3) is 56.2 Å². The highest BCUT2D eigenvalue weighted by Gasteiger charge is 2.12. The zero-order valence-corrected chi connectivity index (χ0v) is 20.7. The number of nitrogens with zero attached hydrogens (tertiary/aromatic N) is 2. The smallest absolute Gasteiger partial charge is 0.160 e. The Hall–Kier alpha value is -4.82. The van der Waals surface area contributed by atoms with Gasteiger partial charge in [0.05, 0.1) is 11.4 Å². The summed E-state index contributed by atoms with van der Waals surface area (Å²) in [6.45, 7) is 2.10. The Morgan fingerprint density at radius 3 is 1.30 bits per heavy atom. The van der Waals surface area contributed by atoms with Crippen LogP contribution in [0.4, 0.5) is 0 Å². The normalized spacial score (nSPS) is 10.8. The molecule has 0 saturated heterocycles. The van der Waals surface area contributed by atoms with Crippen molar-refractivity contribution in [3.63, 3.8) is 0 Å². The summed E-state index contributed by atoms with van der Waals surface area (Å²) in [6, 6.07) is 48.6. The molecular weight excluding hydrogens is 448 g/mol. The van der Waals surface area contributed by atoms with Crippen molar-refractivity contribution in [2.45, 2.75) is 6.92 Å². The molecule has 0 aliphatic heterocycles. The van der Waals surface area contributed by atoms with Gasteiger partial charge in [-0.05, 0) is 53.4 Å². The molecule has 0 radical (unpaired) electrons. The van der Waals surface area contributed by atoms with Gasteiger partial charge in [-0.3, -0.25) is 0 Å². The molecule has 176 valence electrons. The van der Waals surface area contributed by atoms with E-state index in [-0.39, 0.29) is 0 Å². The fraction of sp³-hybridized carbons (Fsp3) is 0.0286. The predicted molar refractivity (Wildman–Crippen MR) is 154 cm³/mol. The number of rotatable bonds is 5. The Bertz CT molecular complexity index is 1570. The highest BCUT2D eigenvalue weighted by Crippen LogP contribution is 2.32. The standard InChI is InChI=1S/C35H26N2/c1-25-11-8-20-32(21-25)35-36-33(30-18-9-16-28(22-30)26-12-4-2-5-13-26)24-34(37-35)31-19-10-17-29(23-31)27-14-6-3-7-15-27/h2-24H,1H3. The lowest BCUT2D eigenvalue weighted by Crippen LogP contribution is -1.96. The highest BCUT2D eigenvalue weighted by atomic mass is 14.9. The molecule has 0 bridgehead atoms. The Kier molecular flexibility index (Phi) is 6.14. The summed E-state index contributed by atoms with van der Waals surface area (Å²) >= 11 is 0. The number of hydrogen-bond donors (Lipinski definition) is 0. The molecule has 37 heavy (non-hydrogen) atoms. The zero-order valence-electron chi connectivity index (χ0n) is 20.7. The Morgan fingerprint density at radius 2 is 0.784 bits per heavy atom. The van der Waals surface area contributed by atoms with E-state index in [1.54, 1.807) is 0 Å². The van der Waals surface area contributed by atoms with Crippen molar-refractivity contribution < 1.29 is 0 Å². The second-order valence-corrected chi connectivity index (χ2v) is 9.23. The molecule has 1 aromatic heterocycles. The molecule has 0 N–H and O–H groups in total. The van der Waals surface area contributed by atoms with E-state index >= 15 is 0 Å². The molecule has 6 rings (SSSR count). The molecule has 5 aromatic carbocycles. The molecule has 2 heteroatoms. The van der Waals surface area contributed by atoms with Gasteiger partial charge in [0, 0.05) is 16.7 Å². The molecule has 0 unspecified atom stereocenters. The molecule has 0 amide bonds. The largest absolute Gasteiger partial charge is 0.228 e. The van der Waals surface area contributed by atoms with Crippen molar-refractivity contribution in [3.05, 3.63) is 145 Å². The van der Waals surface area contributed by atoms with Crippen LogP contribution >= 0.6 is 0 Å². The third-order valence-corrected chi connectivity index (χ3v) is 6.53. The fourth-order valence-electron chi connectivity index (χ4n) is 4.63. The first-order valence-corrected chi connectivity index (χ1v) is 12.5. The van der Waals surface area contributed by atoms with Gasteiger partial charge < -0.3 is 0 Å². The van der Waals surface area contributed by atoms with Crippen molar-refractivity contribution >= 4 is 0 Å². The monoisotopic (exact) mass is 474 g/mol. The number of benzene rings is 5. The lowest BCUT2D eigenvalue weighted by molar-refractivity contribution is 1.18. The quantitative estimate of drug-likeness (QED) is 0.249. The van der Waals surface area contributed by atoms with Gasteiger partial charge in [0.15, 0.2) is 5.82 Å². The van der Waals surface area contributed by atoms with E-state index in [9.17, 15) is 0 Å². The second kappa shape index (κ2) is 10.0. The molecule has 6 aromatic rings. The molecule has 0 spiro atoms. The summed E-state index contributed by atoms with van der Waals surface area (Å²) < 4.78 is 0. The molecule has 0 aliphatic carbocycles. The number of hydrogen-bond acceptors (Lipinski definition) is 2. The molecule has 0 aliphatic rings. The first-order chi connectivity index (χ1) is 18.2. The van der Waals surface area contributed by atoms with Crippen LogP contribution in [0.15, 0.2) is 140 Å². The molecule has 1 heterocycles. The summed E-state index contributed by atoms with van der Waals surface area (Å²) in [5.74, 6) is 0.728. The van der Waals surface area contributed by atoms with E-state index in [2.05, 4.69) is 134 Å². The number of aryl methyl sites for hydroxylation is 1. The van der Waals surface area contributed by atoms with Crippen LogP contribution in [-0.2, 0) is 0 Å². The van der Waals surface area contributed by atoms with Crippen LogP contribution in [0.3, 0.4) is 0 Å². The van der Waals surface area contributed by atoms with Crippen molar-refractivity contribution in [2.75, 3.05) is 0 Å². The van der Waals surface area contributed by atoms with E-state index in [0.29, 0.717) is 0 Å². The average molecular weight is 475 g/mol. The summed E-state index contributed by atoms with van der Waals surface area (Å²) in [4.78, 5) is 10.1. The van der Waals surface area contributed by atoms with E-state index in [4.69, 9.17) is 9.97 Å². The van der Waals surface area contributed by atoms with Crippen LogP contribution in [-0.4, -0.2) is 9.97 Å². The summed E-state index contributed by atoms with van der Waals surface area (Å²) in [5.41, 5.74) is 10.9. The van der Waals surface area contributed by atoms with Crippen LogP contribution in [0.2, 0.25) is 0 Å². The van der Waals surface area contributed by atoms with Gasteiger partial charge in [-0.2, -0.15) is 0 Å². The predicted octanol–water partition coefficient (Wildman–Crippen LogP) is 9.12. The van der Waals surface area contributed by atoms with E-state index in [0.717, 1.165) is 33.9 Å². The van der Waals surface area contributed by atoms with Gasteiger partial charge in [0.2, 0.25) is 0 Å². The third-order valence-electron chi connectivity index (χ3n) is 6.53. The fourth-order valence-corrected chi connectivity index (χ4v) is 4.63. The van der Waals surface area contributed by atoms with Crippen molar-refractivity contribution in [1.29, 1.82) is 0 Å². The molecule has 0 saturated carbocycles. The van der Waals surface area contributed by atoms with Gasteiger partial charge in [0.25, 0.3) is 0 Å². The lowest BCUT2D eigenvalue weighted by Gasteiger charge is -2.12. The molecule has 0 fully saturated rings.